The Balaban J connectivity index is 1.80. The molecule has 1 aromatic heterocycles. The normalized spacial score (nSPS) is 12.6. The van der Waals surface area contributed by atoms with Crippen molar-refractivity contribution in [2.24, 2.45) is 0 Å². The largest absolute Gasteiger partial charge is 0.465 e. The number of aryl methyl sites for hydroxylation is 1. The van der Waals surface area contributed by atoms with Gasteiger partial charge in [-0.1, -0.05) is 30.3 Å². The average Bonchev–Trinajstić information content (AvgIpc) is 2.74. The minimum atomic E-state index is 0.447. The van der Waals surface area contributed by atoms with Gasteiger partial charge < -0.3 is 9.73 Å². The molecule has 1 heterocycles. The fraction of sp³-hybridized carbons (Fsp3) is 0.333. The van der Waals surface area contributed by atoms with Crippen LogP contribution in [0.3, 0.4) is 0 Å². The van der Waals surface area contributed by atoms with Gasteiger partial charge in [0.2, 0.25) is 0 Å². The van der Waals surface area contributed by atoms with Crippen LogP contribution in [-0.4, -0.2) is 6.04 Å². The average molecular weight is 229 g/mol. The van der Waals surface area contributed by atoms with Crippen LogP contribution >= 0.6 is 0 Å². The third kappa shape index (κ3) is 3.75. The summed E-state index contributed by atoms with van der Waals surface area (Å²) >= 11 is 0. The van der Waals surface area contributed by atoms with Gasteiger partial charge in [-0.05, 0) is 38.0 Å². The molecule has 0 unspecified atom stereocenters. The highest BCUT2D eigenvalue weighted by Crippen LogP contribution is 2.07. The molecule has 17 heavy (non-hydrogen) atoms. The Morgan fingerprint density at radius 3 is 2.53 bits per heavy atom. The summed E-state index contributed by atoms with van der Waals surface area (Å²) < 4.78 is 5.52. The molecule has 0 radical (unpaired) electrons. The van der Waals surface area contributed by atoms with Gasteiger partial charge in [-0.3, -0.25) is 0 Å². The monoisotopic (exact) mass is 229 g/mol. The van der Waals surface area contributed by atoms with E-state index in [9.17, 15) is 0 Å². The summed E-state index contributed by atoms with van der Waals surface area (Å²) in [6, 6.07) is 15.0. The predicted molar refractivity (Wildman–Crippen MR) is 69.9 cm³/mol. The molecular weight excluding hydrogens is 210 g/mol. The molecule has 0 aliphatic carbocycles. The lowest BCUT2D eigenvalue weighted by molar-refractivity contribution is 0.439. The molecule has 2 nitrogen and oxygen atoms in total. The van der Waals surface area contributed by atoms with Crippen LogP contribution in [0.5, 0.6) is 0 Å². The number of hydrogen-bond acceptors (Lipinski definition) is 2. The zero-order valence-electron chi connectivity index (χ0n) is 10.4. The second kappa shape index (κ2) is 5.69. The topological polar surface area (TPSA) is 25.2 Å². The third-order valence-electron chi connectivity index (χ3n) is 2.81. The summed E-state index contributed by atoms with van der Waals surface area (Å²) in [5.41, 5.74) is 1.36. The molecule has 0 amide bonds. The van der Waals surface area contributed by atoms with Crippen molar-refractivity contribution in [1.82, 2.24) is 5.32 Å². The minimum Gasteiger partial charge on any atom is -0.465 e. The molecule has 0 aliphatic rings. The van der Waals surface area contributed by atoms with Gasteiger partial charge in [0, 0.05) is 6.04 Å². The molecule has 0 spiro atoms. The molecule has 1 atom stereocenters. The highest BCUT2D eigenvalue weighted by molar-refractivity contribution is 5.15. The van der Waals surface area contributed by atoms with Gasteiger partial charge in [-0.2, -0.15) is 0 Å². The van der Waals surface area contributed by atoms with Gasteiger partial charge in [0.25, 0.3) is 0 Å². The van der Waals surface area contributed by atoms with Crippen molar-refractivity contribution >= 4 is 0 Å². The van der Waals surface area contributed by atoms with Crippen molar-refractivity contribution in [2.45, 2.75) is 32.9 Å². The van der Waals surface area contributed by atoms with Crippen LogP contribution in [0.2, 0.25) is 0 Å². The van der Waals surface area contributed by atoms with E-state index in [4.69, 9.17) is 4.42 Å². The van der Waals surface area contributed by atoms with Crippen molar-refractivity contribution in [3.8, 4) is 0 Å². The van der Waals surface area contributed by atoms with E-state index in [2.05, 4.69) is 36.5 Å². The Hall–Kier alpha value is -1.54. The van der Waals surface area contributed by atoms with E-state index in [0.717, 1.165) is 24.5 Å². The maximum Gasteiger partial charge on any atom is 0.117 e. The zero-order valence-corrected chi connectivity index (χ0v) is 10.4. The summed E-state index contributed by atoms with van der Waals surface area (Å²) in [5, 5.41) is 3.47. The molecular formula is C15H19NO. The van der Waals surface area contributed by atoms with Gasteiger partial charge in [0.05, 0.1) is 6.54 Å². The fourth-order valence-electron chi connectivity index (χ4n) is 1.89. The quantitative estimate of drug-likeness (QED) is 0.851. The summed E-state index contributed by atoms with van der Waals surface area (Å²) in [6.45, 7) is 4.96. The number of rotatable bonds is 5. The highest BCUT2D eigenvalue weighted by atomic mass is 16.3. The molecule has 90 valence electrons. The molecule has 2 aromatic rings. The first-order valence-electron chi connectivity index (χ1n) is 6.06. The lowest BCUT2D eigenvalue weighted by atomic mass is 10.1. The standard InChI is InChI=1S/C15H19NO/c1-12(10-14-6-4-3-5-7-14)16-11-15-9-8-13(2)17-15/h3-9,12,16H,10-11H2,1-2H3/t12-/m1/s1. The van der Waals surface area contributed by atoms with Crippen LogP contribution in [0.4, 0.5) is 0 Å². The van der Waals surface area contributed by atoms with E-state index in [0.29, 0.717) is 6.04 Å². The molecule has 0 fully saturated rings. The van der Waals surface area contributed by atoms with Crippen LogP contribution in [0.1, 0.15) is 24.0 Å². The van der Waals surface area contributed by atoms with E-state index in [-0.39, 0.29) is 0 Å². The second-order valence-corrected chi connectivity index (χ2v) is 4.48. The summed E-state index contributed by atoms with van der Waals surface area (Å²) in [7, 11) is 0. The van der Waals surface area contributed by atoms with Crippen LogP contribution in [0.25, 0.3) is 0 Å². The lowest BCUT2D eigenvalue weighted by Crippen LogP contribution is -2.27. The van der Waals surface area contributed by atoms with E-state index in [1.165, 1.54) is 5.56 Å². The Morgan fingerprint density at radius 2 is 1.88 bits per heavy atom. The Kier molecular flexibility index (Phi) is 3.99. The summed E-state index contributed by atoms with van der Waals surface area (Å²) in [5.74, 6) is 1.97. The van der Waals surface area contributed by atoms with E-state index in [1.54, 1.807) is 0 Å². The molecule has 0 bridgehead atoms. The van der Waals surface area contributed by atoms with Crippen molar-refractivity contribution < 1.29 is 4.42 Å². The Morgan fingerprint density at radius 1 is 1.12 bits per heavy atom. The third-order valence-corrected chi connectivity index (χ3v) is 2.81. The maximum absolute atomic E-state index is 5.52. The first kappa shape index (κ1) is 11.9. The number of benzene rings is 1. The van der Waals surface area contributed by atoms with Gasteiger partial charge in [-0.15, -0.1) is 0 Å². The Bertz CT molecular complexity index is 447. The number of hydrogen-bond donors (Lipinski definition) is 1. The summed E-state index contributed by atoms with van der Waals surface area (Å²) in [4.78, 5) is 0. The van der Waals surface area contributed by atoms with Crippen molar-refractivity contribution in [3.63, 3.8) is 0 Å². The summed E-state index contributed by atoms with van der Waals surface area (Å²) in [6.07, 6.45) is 1.04. The van der Waals surface area contributed by atoms with Gasteiger partial charge in [-0.25, -0.2) is 0 Å². The SMILES string of the molecule is Cc1ccc(CN[C@H](C)Cc2ccccc2)o1. The molecule has 1 aromatic carbocycles. The first-order valence-corrected chi connectivity index (χ1v) is 6.06. The van der Waals surface area contributed by atoms with Crippen LogP contribution in [0.15, 0.2) is 46.9 Å². The predicted octanol–water partition coefficient (Wildman–Crippen LogP) is 3.31. The van der Waals surface area contributed by atoms with Crippen LogP contribution in [-0.2, 0) is 13.0 Å². The second-order valence-electron chi connectivity index (χ2n) is 4.48. The van der Waals surface area contributed by atoms with Gasteiger partial charge in [0.1, 0.15) is 11.5 Å². The number of furan rings is 1. The van der Waals surface area contributed by atoms with Crippen molar-refractivity contribution in [2.75, 3.05) is 0 Å². The lowest BCUT2D eigenvalue weighted by Gasteiger charge is -2.12. The van der Waals surface area contributed by atoms with Crippen LogP contribution in [0, 0.1) is 6.92 Å². The fourth-order valence-corrected chi connectivity index (χ4v) is 1.89. The van der Waals surface area contributed by atoms with Crippen molar-refractivity contribution in [1.29, 1.82) is 0 Å². The number of nitrogens with one attached hydrogen (secondary N) is 1. The molecule has 1 N–H and O–H groups in total. The Labute approximate surface area is 103 Å². The maximum atomic E-state index is 5.52. The van der Waals surface area contributed by atoms with E-state index >= 15 is 0 Å². The molecule has 0 saturated heterocycles. The highest BCUT2D eigenvalue weighted by Gasteiger charge is 2.04. The van der Waals surface area contributed by atoms with Crippen molar-refractivity contribution in [3.05, 3.63) is 59.5 Å². The minimum absolute atomic E-state index is 0.447. The van der Waals surface area contributed by atoms with Gasteiger partial charge >= 0.3 is 0 Å². The zero-order chi connectivity index (χ0) is 12.1. The molecule has 2 rings (SSSR count). The van der Waals surface area contributed by atoms with E-state index < -0.39 is 0 Å². The first-order chi connectivity index (χ1) is 8.24. The smallest absolute Gasteiger partial charge is 0.117 e. The molecule has 2 heteroatoms. The van der Waals surface area contributed by atoms with Crippen LogP contribution < -0.4 is 5.32 Å². The van der Waals surface area contributed by atoms with Gasteiger partial charge in [0.15, 0.2) is 0 Å². The van der Waals surface area contributed by atoms with E-state index in [1.807, 2.05) is 25.1 Å². The molecule has 0 saturated carbocycles. The molecule has 0 aliphatic heterocycles.